The minimum Gasteiger partial charge on any atom is -0.480 e. The second-order valence-electron chi connectivity index (χ2n) is 6.48. The molecule has 0 aromatic heterocycles. The molecule has 0 radical (unpaired) electrons. The van der Waals surface area contributed by atoms with Crippen molar-refractivity contribution in [2.24, 2.45) is 5.92 Å². The molecule has 0 heterocycles. The first-order valence-corrected chi connectivity index (χ1v) is 8.07. The van der Waals surface area contributed by atoms with E-state index in [1.165, 1.54) is 19.3 Å². The summed E-state index contributed by atoms with van der Waals surface area (Å²) in [7, 11) is 0. The van der Waals surface area contributed by atoms with E-state index >= 15 is 0 Å². The number of benzene rings is 1. The van der Waals surface area contributed by atoms with Crippen LogP contribution in [0.5, 0.6) is 0 Å². The van der Waals surface area contributed by atoms with Crippen molar-refractivity contribution >= 4 is 11.9 Å². The molecule has 1 saturated carbocycles. The lowest BCUT2D eigenvalue weighted by Gasteiger charge is -2.25. The zero-order valence-corrected chi connectivity index (χ0v) is 13.4. The summed E-state index contributed by atoms with van der Waals surface area (Å²) >= 11 is 0. The molecule has 4 nitrogen and oxygen atoms in total. The fourth-order valence-corrected chi connectivity index (χ4v) is 3.33. The van der Waals surface area contributed by atoms with E-state index in [1.54, 1.807) is 12.1 Å². The van der Waals surface area contributed by atoms with Crippen LogP contribution in [0.15, 0.2) is 18.2 Å². The minimum atomic E-state index is -0.941. The van der Waals surface area contributed by atoms with E-state index in [0.717, 1.165) is 24.0 Å². The molecule has 4 heteroatoms. The van der Waals surface area contributed by atoms with Crippen molar-refractivity contribution in [1.29, 1.82) is 0 Å². The number of aliphatic carboxylic acids is 1. The molecule has 1 aliphatic rings. The van der Waals surface area contributed by atoms with Gasteiger partial charge in [-0.25, -0.2) is 4.79 Å². The van der Waals surface area contributed by atoms with Gasteiger partial charge in [0.2, 0.25) is 0 Å². The molecule has 2 rings (SSSR count). The Morgan fingerprint density at radius 1 is 1.14 bits per heavy atom. The van der Waals surface area contributed by atoms with E-state index in [9.17, 15) is 14.7 Å². The van der Waals surface area contributed by atoms with Crippen molar-refractivity contribution in [3.05, 3.63) is 34.9 Å². The zero-order valence-electron chi connectivity index (χ0n) is 13.4. The van der Waals surface area contributed by atoms with Gasteiger partial charge in [-0.15, -0.1) is 0 Å². The molecule has 22 heavy (non-hydrogen) atoms. The van der Waals surface area contributed by atoms with E-state index in [0.29, 0.717) is 17.9 Å². The highest BCUT2D eigenvalue weighted by molar-refractivity contribution is 5.96. The average molecular weight is 303 g/mol. The fourth-order valence-electron chi connectivity index (χ4n) is 3.33. The summed E-state index contributed by atoms with van der Waals surface area (Å²) in [5.41, 5.74) is 2.54. The van der Waals surface area contributed by atoms with Crippen molar-refractivity contribution in [1.82, 2.24) is 5.32 Å². The molecule has 1 amide bonds. The quantitative estimate of drug-likeness (QED) is 0.875. The topological polar surface area (TPSA) is 66.4 Å². The van der Waals surface area contributed by atoms with Gasteiger partial charge in [0.15, 0.2) is 0 Å². The van der Waals surface area contributed by atoms with Crippen molar-refractivity contribution in [3.8, 4) is 0 Å². The van der Waals surface area contributed by atoms with Gasteiger partial charge in [-0.05, 0) is 38.3 Å². The summed E-state index contributed by atoms with van der Waals surface area (Å²) in [5.74, 6) is -0.826. The zero-order chi connectivity index (χ0) is 16.1. The van der Waals surface area contributed by atoms with Crippen LogP contribution in [0, 0.1) is 19.8 Å². The molecule has 0 aliphatic heterocycles. The van der Waals surface area contributed by atoms with Crippen molar-refractivity contribution in [3.63, 3.8) is 0 Å². The van der Waals surface area contributed by atoms with Gasteiger partial charge in [-0.1, -0.05) is 49.3 Å². The van der Waals surface area contributed by atoms with Crippen LogP contribution < -0.4 is 5.32 Å². The third-order valence-corrected chi connectivity index (χ3v) is 4.38. The Morgan fingerprint density at radius 2 is 1.73 bits per heavy atom. The molecule has 1 fully saturated rings. The first-order valence-electron chi connectivity index (χ1n) is 8.07. The number of carbonyl (C=O) groups excluding carboxylic acids is 1. The number of aryl methyl sites for hydroxylation is 2. The van der Waals surface area contributed by atoms with Crippen LogP contribution in [-0.2, 0) is 4.79 Å². The molecule has 0 spiro atoms. The maximum absolute atomic E-state index is 12.3. The van der Waals surface area contributed by atoms with E-state index in [2.05, 4.69) is 5.32 Å². The average Bonchev–Trinajstić information content (AvgIpc) is 2.46. The van der Waals surface area contributed by atoms with Gasteiger partial charge in [-0.3, -0.25) is 4.79 Å². The Hall–Kier alpha value is -1.84. The van der Waals surface area contributed by atoms with Gasteiger partial charge in [0, 0.05) is 5.56 Å². The van der Waals surface area contributed by atoms with Crippen molar-refractivity contribution < 1.29 is 14.7 Å². The predicted molar refractivity (Wildman–Crippen MR) is 86.0 cm³/mol. The van der Waals surface area contributed by atoms with Crippen LogP contribution in [0.3, 0.4) is 0 Å². The van der Waals surface area contributed by atoms with Gasteiger partial charge in [0.05, 0.1) is 0 Å². The largest absolute Gasteiger partial charge is 0.480 e. The number of carbonyl (C=O) groups is 2. The summed E-state index contributed by atoms with van der Waals surface area (Å²) in [6, 6.07) is 4.79. The molecule has 1 aromatic rings. The number of hydrogen-bond donors (Lipinski definition) is 2. The molecule has 2 N–H and O–H groups in total. The van der Waals surface area contributed by atoms with E-state index < -0.39 is 12.0 Å². The third-order valence-electron chi connectivity index (χ3n) is 4.38. The second kappa shape index (κ2) is 7.43. The van der Waals surface area contributed by atoms with Crippen LogP contribution >= 0.6 is 0 Å². The van der Waals surface area contributed by atoms with Crippen LogP contribution in [-0.4, -0.2) is 23.0 Å². The van der Waals surface area contributed by atoms with Crippen molar-refractivity contribution in [2.45, 2.75) is 58.4 Å². The number of carboxylic acid groups (broad SMARTS) is 1. The minimum absolute atomic E-state index is 0.296. The number of carboxylic acids is 1. The highest BCUT2D eigenvalue weighted by Crippen LogP contribution is 2.27. The first kappa shape index (κ1) is 16.5. The third kappa shape index (κ3) is 4.58. The summed E-state index contributed by atoms with van der Waals surface area (Å²) in [6.07, 6.45) is 6.26. The van der Waals surface area contributed by atoms with E-state index in [1.807, 2.05) is 19.9 Å². The molecular weight excluding hydrogens is 278 g/mol. The van der Waals surface area contributed by atoms with Gasteiger partial charge < -0.3 is 10.4 Å². The summed E-state index contributed by atoms with van der Waals surface area (Å²) in [5, 5.41) is 12.1. The highest BCUT2D eigenvalue weighted by atomic mass is 16.4. The Bertz CT molecular complexity index is 527. The molecule has 1 aliphatic carbocycles. The summed E-state index contributed by atoms with van der Waals surface area (Å²) in [6.45, 7) is 3.86. The lowest BCUT2D eigenvalue weighted by Crippen LogP contribution is -2.42. The van der Waals surface area contributed by atoms with Crippen LogP contribution in [0.2, 0.25) is 0 Å². The van der Waals surface area contributed by atoms with Crippen LogP contribution in [0.4, 0.5) is 0 Å². The van der Waals surface area contributed by atoms with Gasteiger partial charge >= 0.3 is 5.97 Å². The van der Waals surface area contributed by atoms with Gasteiger partial charge in [0.1, 0.15) is 6.04 Å². The molecule has 0 unspecified atom stereocenters. The van der Waals surface area contributed by atoms with E-state index in [4.69, 9.17) is 0 Å². The Morgan fingerprint density at radius 3 is 2.27 bits per heavy atom. The molecule has 1 aromatic carbocycles. The summed E-state index contributed by atoms with van der Waals surface area (Å²) in [4.78, 5) is 23.8. The van der Waals surface area contributed by atoms with Crippen molar-refractivity contribution in [2.75, 3.05) is 0 Å². The Labute approximate surface area is 131 Å². The monoisotopic (exact) mass is 303 g/mol. The van der Waals surface area contributed by atoms with E-state index in [-0.39, 0.29) is 5.91 Å². The predicted octanol–water partition coefficient (Wildman–Crippen LogP) is 3.46. The molecule has 120 valence electrons. The normalized spacial score (nSPS) is 17.0. The second-order valence-corrected chi connectivity index (χ2v) is 6.48. The molecule has 1 atom stereocenters. The number of rotatable bonds is 5. The smallest absolute Gasteiger partial charge is 0.326 e. The highest BCUT2D eigenvalue weighted by Gasteiger charge is 2.25. The Balaban J connectivity index is 2.03. The maximum atomic E-state index is 12.3. The van der Waals surface area contributed by atoms with Gasteiger partial charge in [-0.2, -0.15) is 0 Å². The van der Waals surface area contributed by atoms with Crippen LogP contribution in [0.25, 0.3) is 0 Å². The standard InChI is InChI=1S/C18H25NO3/c1-12-8-13(2)10-15(9-12)17(20)19-16(18(21)22)11-14-6-4-3-5-7-14/h8-10,14,16H,3-7,11H2,1-2H3,(H,19,20)(H,21,22)/t16-/m0/s1. The Kier molecular flexibility index (Phi) is 5.58. The number of hydrogen-bond acceptors (Lipinski definition) is 2. The SMILES string of the molecule is Cc1cc(C)cc(C(=O)N[C@@H](CC2CCCCC2)C(=O)O)c1. The lowest BCUT2D eigenvalue weighted by atomic mass is 9.85. The fraction of sp³-hybridized carbons (Fsp3) is 0.556. The molecular formula is C18H25NO3. The molecule has 0 bridgehead atoms. The lowest BCUT2D eigenvalue weighted by molar-refractivity contribution is -0.139. The summed E-state index contributed by atoms with van der Waals surface area (Å²) < 4.78 is 0. The number of nitrogens with one attached hydrogen (secondary N) is 1. The molecule has 0 saturated heterocycles. The number of amides is 1. The maximum Gasteiger partial charge on any atom is 0.326 e. The first-order chi connectivity index (χ1) is 10.5. The van der Waals surface area contributed by atoms with Crippen LogP contribution in [0.1, 0.15) is 60.0 Å². The van der Waals surface area contributed by atoms with Gasteiger partial charge in [0.25, 0.3) is 5.91 Å².